The Morgan fingerprint density at radius 3 is 2.25 bits per heavy atom. The zero-order valence-electron chi connectivity index (χ0n) is 18.2. The zero-order chi connectivity index (χ0) is 22.9. The smallest absolute Gasteiger partial charge is 0.339 e. The summed E-state index contributed by atoms with van der Waals surface area (Å²) in [6, 6.07) is 21.3. The van der Waals surface area contributed by atoms with Crippen molar-refractivity contribution in [2.45, 2.75) is 19.6 Å². The SMILES string of the molecule is COc1ccc(NC(=O)C(C)OC(=O)c2ccc(OCc3ccccc3)c(OC)c2)cc1. The molecule has 3 aromatic rings. The Hall–Kier alpha value is -4.00. The maximum atomic E-state index is 12.5. The summed E-state index contributed by atoms with van der Waals surface area (Å²) in [4.78, 5) is 24.9. The van der Waals surface area contributed by atoms with Crippen LogP contribution < -0.4 is 19.5 Å². The van der Waals surface area contributed by atoms with Crippen molar-refractivity contribution in [2.24, 2.45) is 0 Å². The molecule has 32 heavy (non-hydrogen) atoms. The summed E-state index contributed by atoms with van der Waals surface area (Å²) in [5, 5.41) is 2.70. The lowest BCUT2D eigenvalue weighted by Gasteiger charge is -2.15. The predicted octanol–water partition coefficient (Wildman–Crippen LogP) is 4.47. The van der Waals surface area contributed by atoms with Crippen LogP contribution in [0.4, 0.5) is 5.69 Å². The number of amides is 1. The second-order valence-corrected chi connectivity index (χ2v) is 6.91. The minimum absolute atomic E-state index is 0.248. The predicted molar refractivity (Wildman–Crippen MR) is 120 cm³/mol. The van der Waals surface area contributed by atoms with E-state index in [4.69, 9.17) is 18.9 Å². The average Bonchev–Trinajstić information content (AvgIpc) is 2.83. The summed E-state index contributed by atoms with van der Waals surface area (Å²) in [7, 11) is 3.05. The van der Waals surface area contributed by atoms with Gasteiger partial charge in [0.05, 0.1) is 19.8 Å². The van der Waals surface area contributed by atoms with Crippen molar-refractivity contribution in [3.8, 4) is 17.2 Å². The van der Waals surface area contributed by atoms with Crippen LogP contribution in [0.1, 0.15) is 22.8 Å². The van der Waals surface area contributed by atoms with E-state index in [0.29, 0.717) is 29.5 Å². The summed E-state index contributed by atoms with van der Waals surface area (Å²) < 4.78 is 21.6. The fraction of sp³-hybridized carbons (Fsp3) is 0.200. The van der Waals surface area contributed by atoms with Crippen LogP contribution in [-0.4, -0.2) is 32.2 Å². The number of carbonyl (C=O) groups excluding carboxylic acids is 2. The third kappa shape index (κ3) is 6.01. The van der Waals surface area contributed by atoms with E-state index in [-0.39, 0.29) is 5.56 Å². The van der Waals surface area contributed by atoms with Crippen LogP contribution in [0.5, 0.6) is 17.2 Å². The number of hydrogen-bond acceptors (Lipinski definition) is 6. The van der Waals surface area contributed by atoms with Gasteiger partial charge in [-0.25, -0.2) is 4.79 Å². The molecule has 0 aliphatic rings. The quantitative estimate of drug-likeness (QED) is 0.500. The molecule has 3 rings (SSSR count). The summed E-state index contributed by atoms with van der Waals surface area (Å²) in [5.74, 6) is 0.477. The van der Waals surface area contributed by atoms with Crippen LogP contribution in [0.15, 0.2) is 72.8 Å². The molecule has 1 unspecified atom stereocenters. The Balaban J connectivity index is 1.60. The van der Waals surface area contributed by atoms with Crippen LogP contribution in [0.2, 0.25) is 0 Å². The first kappa shape index (κ1) is 22.7. The molecule has 0 aliphatic carbocycles. The van der Waals surface area contributed by atoms with Gasteiger partial charge >= 0.3 is 5.97 Å². The van der Waals surface area contributed by atoms with Crippen molar-refractivity contribution in [1.82, 2.24) is 0 Å². The lowest BCUT2D eigenvalue weighted by molar-refractivity contribution is -0.123. The van der Waals surface area contributed by atoms with Gasteiger partial charge < -0.3 is 24.3 Å². The molecule has 0 aromatic heterocycles. The first-order chi connectivity index (χ1) is 15.5. The van der Waals surface area contributed by atoms with Crippen molar-refractivity contribution in [2.75, 3.05) is 19.5 Å². The van der Waals surface area contributed by atoms with E-state index in [2.05, 4.69) is 5.32 Å². The van der Waals surface area contributed by atoms with Crippen LogP contribution in [0.3, 0.4) is 0 Å². The number of esters is 1. The fourth-order valence-electron chi connectivity index (χ4n) is 2.85. The number of methoxy groups -OCH3 is 2. The normalized spacial score (nSPS) is 11.2. The first-order valence-electron chi connectivity index (χ1n) is 10.0. The number of rotatable bonds is 9. The molecule has 7 nitrogen and oxygen atoms in total. The topological polar surface area (TPSA) is 83.1 Å². The van der Waals surface area contributed by atoms with Gasteiger partial charge in [-0.1, -0.05) is 30.3 Å². The number of hydrogen-bond donors (Lipinski definition) is 1. The van der Waals surface area contributed by atoms with Crippen LogP contribution in [-0.2, 0) is 16.1 Å². The summed E-state index contributed by atoms with van der Waals surface area (Å²) in [5.41, 5.74) is 1.83. The second kappa shape index (κ2) is 10.9. The van der Waals surface area contributed by atoms with Crippen LogP contribution >= 0.6 is 0 Å². The highest BCUT2D eigenvalue weighted by Crippen LogP contribution is 2.29. The van der Waals surface area contributed by atoms with Gasteiger partial charge in [0, 0.05) is 5.69 Å². The lowest BCUT2D eigenvalue weighted by atomic mass is 10.2. The molecule has 0 heterocycles. The van der Waals surface area contributed by atoms with Crippen molar-refractivity contribution in [3.05, 3.63) is 83.9 Å². The minimum atomic E-state index is -0.996. The highest BCUT2D eigenvalue weighted by molar-refractivity contribution is 5.97. The minimum Gasteiger partial charge on any atom is -0.497 e. The first-order valence-corrected chi connectivity index (χ1v) is 10.0. The van der Waals surface area contributed by atoms with E-state index in [1.807, 2.05) is 30.3 Å². The summed E-state index contributed by atoms with van der Waals surface area (Å²) in [6.45, 7) is 1.87. The number of anilines is 1. The Morgan fingerprint density at radius 1 is 0.875 bits per heavy atom. The molecule has 3 aromatic carbocycles. The average molecular weight is 435 g/mol. The number of ether oxygens (including phenoxy) is 4. The van der Waals surface area contributed by atoms with Gasteiger partial charge in [0.1, 0.15) is 12.4 Å². The maximum Gasteiger partial charge on any atom is 0.339 e. The maximum absolute atomic E-state index is 12.5. The van der Waals surface area contributed by atoms with Gasteiger partial charge in [-0.15, -0.1) is 0 Å². The van der Waals surface area contributed by atoms with Gasteiger partial charge in [0.2, 0.25) is 0 Å². The molecule has 0 radical (unpaired) electrons. The van der Waals surface area contributed by atoms with E-state index in [0.717, 1.165) is 5.56 Å². The molecule has 0 fully saturated rings. The van der Waals surface area contributed by atoms with Gasteiger partial charge in [0.25, 0.3) is 5.91 Å². The molecule has 1 N–H and O–H groups in total. The highest BCUT2D eigenvalue weighted by atomic mass is 16.5. The molecule has 0 spiro atoms. The van der Waals surface area contributed by atoms with Gasteiger partial charge in [-0.05, 0) is 55.0 Å². The monoisotopic (exact) mass is 435 g/mol. The largest absolute Gasteiger partial charge is 0.497 e. The summed E-state index contributed by atoms with van der Waals surface area (Å²) >= 11 is 0. The molecule has 0 saturated heterocycles. The van der Waals surface area contributed by atoms with Gasteiger partial charge in [0.15, 0.2) is 17.6 Å². The third-order valence-electron chi connectivity index (χ3n) is 4.65. The Kier molecular flexibility index (Phi) is 7.70. The van der Waals surface area contributed by atoms with Crippen molar-refractivity contribution in [3.63, 3.8) is 0 Å². The Labute approximate surface area is 186 Å². The van der Waals surface area contributed by atoms with Crippen LogP contribution in [0, 0.1) is 0 Å². The molecular weight excluding hydrogens is 410 g/mol. The molecule has 7 heteroatoms. The second-order valence-electron chi connectivity index (χ2n) is 6.91. The molecule has 0 bridgehead atoms. The zero-order valence-corrected chi connectivity index (χ0v) is 18.2. The van der Waals surface area contributed by atoms with E-state index >= 15 is 0 Å². The van der Waals surface area contributed by atoms with E-state index < -0.39 is 18.0 Å². The van der Waals surface area contributed by atoms with Gasteiger partial charge in [-0.3, -0.25) is 4.79 Å². The molecule has 1 amide bonds. The van der Waals surface area contributed by atoms with Crippen molar-refractivity contribution in [1.29, 1.82) is 0 Å². The van der Waals surface area contributed by atoms with E-state index in [1.165, 1.54) is 20.1 Å². The number of carbonyl (C=O) groups is 2. The molecule has 1 atom stereocenters. The third-order valence-corrected chi connectivity index (χ3v) is 4.65. The standard InChI is InChI=1S/C25H25NO6/c1-17(24(27)26-20-10-12-21(29-2)13-11-20)32-25(28)19-9-14-22(23(15-19)30-3)31-16-18-7-5-4-6-8-18/h4-15,17H,16H2,1-3H3,(H,26,27). The molecule has 0 saturated carbocycles. The van der Waals surface area contributed by atoms with E-state index in [1.54, 1.807) is 43.5 Å². The fourth-order valence-corrected chi connectivity index (χ4v) is 2.85. The highest BCUT2D eigenvalue weighted by Gasteiger charge is 2.20. The van der Waals surface area contributed by atoms with Crippen molar-refractivity contribution >= 4 is 17.6 Å². The number of nitrogens with one attached hydrogen (secondary N) is 1. The lowest BCUT2D eigenvalue weighted by Crippen LogP contribution is -2.30. The Morgan fingerprint density at radius 2 is 1.59 bits per heavy atom. The molecular formula is C25H25NO6. The summed E-state index contributed by atoms with van der Waals surface area (Å²) in [6.07, 6.45) is -0.996. The van der Waals surface area contributed by atoms with Crippen LogP contribution in [0.25, 0.3) is 0 Å². The van der Waals surface area contributed by atoms with Gasteiger partial charge in [-0.2, -0.15) is 0 Å². The molecule has 166 valence electrons. The van der Waals surface area contributed by atoms with E-state index in [9.17, 15) is 9.59 Å². The Bertz CT molecular complexity index is 1050. The number of benzene rings is 3. The molecule has 0 aliphatic heterocycles. The van der Waals surface area contributed by atoms with Crippen molar-refractivity contribution < 1.29 is 28.5 Å².